The molecular weight excluding hydrogens is 653 g/mol. The third-order valence-corrected chi connectivity index (χ3v) is 11.1. The monoisotopic (exact) mass is 678 g/mol. The number of nitrogens with one attached hydrogen (secondary N) is 2. The summed E-state index contributed by atoms with van der Waals surface area (Å²) in [6.07, 6.45) is 0. The van der Waals surface area contributed by atoms with E-state index in [0.717, 1.165) is 38.6 Å². The maximum absolute atomic E-state index is 14.6. The first-order valence-corrected chi connectivity index (χ1v) is 16.8. The summed E-state index contributed by atoms with van der Waals surface area (Å²) < 4.78 is 5.41. The largest absolute Gasteiger partial charge is 0.422 e. The molecule has 3 heterocycles. The van der Waals surface area contributed by atoms with E-state index in [1.54, 1.807) is 48.5 Å². The van der Waals surface area contributed by atoms with E-state index in [1.807, 2.05) is 54.6 Å². The van der Waals surface area contributed by atoms with Gasteiger partial charge in [-0.2, -0.15) is 5.01 Å². The summed E-state index contributed by atoms with van der Waals surface area (Å²) in [6, 6.07) is 32.8. The topological polar surface area (TPSA) is 152 Å². The van der Waals surface area contributed by atoms with Crippen molar-refractivity contribution < 1.29 is 23.6 Å². The average molecular weight is 679 g/mol. The molecule has 6 aromatic rings. The number of para-hydroxylation sites is 2. The van der Waals surface area contributed by atoms with Crippen LogP contribution in [-0.2, 0) is 9.59 Å². The van der Waals surface area contributed by atoms with E-state index in [-0.39, 0.29) is 32.6 Å². The number of thiophene rings is 1. The van der Waals surface area contributed by atoms with Gasteiger partial charge in [0.05, 0.1) is 17.5 Å². The quantitative estimate of drug-likeness (QED) is 0.115. The summed E-state index contributed by atoms with van der Waals surface area (Å²) in [5, 5.41) is 4.59. The van der Waals surface area contributed by atoms with Crippen LogP contribution in [0.4, 0.5) is 16.4 Å². The first-order valence-electron chi connectivity index (χ1n) is 16.0. The summed E-state index contributed by atoms with van der Waals surface area (Å²) in [6.45, 7) is 0. The Morgan fingerprint density at radius 2 is 1.34 bits per heavy atom. The predicted octanol–water partition coefficient (Wildman–Crippen LogP) is 5.95. The average Bonchev–Trinajstić information content (AvgIpc) is 3.47. The number of nitrogens with zero attached hydrogens (tertiary/aromatic N) is 1. The van der Waals surface area contributed by atoms with Crippen LogP contribution in [0.3, 0.4) is 0 Å². The lowest BCUT2D eigenvalue weighted by molar-refractivity contribution is -0.156. The predicted molar refractivity (Wildman–Crippen MR) is 187 cm³/mol. The minimum atomic E-state index is -0.901. The number of nitrogen functional groups attached to an aromatic ring is 1. The number of imide groups is 1. The van der Waals surface area contributed by atoms with E-state index in [0.29, 0.717) is 16.7 Å². The maximum atomic E-state index is 14.6. The van der Waals surface area contributed by atoms with Crippen molar-refractivity contribution in [3.05, 3.63) is 158 Å². The molecule has 10 rings (SSSR count). The second kappa shape index (κ2) is 11.1. The molecule has 2 aromatic heterocycles. The number of amides is 3. The Hall–Kier alpha value is -6.33. The van der Waals surface area contributed by atoms with Crippen LogP contribution in [0.15, 0.2) is 118 Å². The number of anilines is 3. The van der Waals surface area contributed by atoms with Gasteiger partial charge in [0, 0.05) is 22.9 Å². The summed E-state index contributed by atoms with van der Waals surface area (Å²) in [4.78, 5) is 70.0. The molecule has 4 aliphatic rings. The van der Waals surface area contributed by atoms with Gasteiger partial charge >= 0.3 is 5.63 Å². The molecule has 2 unspecified atom stereocenters. The summed E-state index contributed by atoms with van der Waals surface area (Å²) in [5.74, 6) is -5.06. The smallest absolute Gasteiger partial charge is 0.347 e. The molecule has 3 aliphatic carbocycles. The molecule has 4 N–H and O–H groups in total. The molecule has 244 valence electrons. The van der Waals surface area contributed by atoms with E-state index < -0.39 is 46.9 Å². The molecule has 3 amide bonds. The SMILES string of the molecule is Nc1c(C(=O)c2cc3ccccc3oc2=O)sc(Nc2ccccc2)c1C(=O)N1NC(=O)C2C3c4ccccc4C(c4ccccc43)C2C1=O. The number of hydrogen-bond donors (Lipinski definition) is 3. The number of carbonyl (C=O) groups is 4. The molecule has 0 spiro atoms. The number of rotatable bonds is 5. The zero-order chi connectivity index (χ0) is 34.3. The van der Waals surface area contributed by atoms with Gasteiger partial charge in [0.2, 0.25) is 11.7 Å². The Kier molecular flexibility index (Phi) is 6.62. The van der Waals surface area contributed by atoms with Crippen molar-refractivity contribution in [2.24, 2.45) is 11.8 Å². The lowest BCUT2D eigenvalue weighted by Crippen LogP contribution is -2.65. The molecule has 2 bridgehead atoms. The van der Waals surface area contributed by atoms with Crippen molar-refractivity contribution in [1.82, 2.24) is 10.4 Å². The molecule has 11 heteroatoms. The zero-order valence-corrected chi connectivity index (χ0v) is 26.9. The number of fused-ring (bicyclic) bond motifs is 1. The molecular formula is C39H26N4O6S. The molecule has 10 nitrogen and oxygen atoms in total. The van der Waals surface area contributed by atoms with E-state index >= 15 is 0 Å². The van der Waals surface area contributed by atoms with Gasteiger partial charge in [-0.3, -0.25) is 24.6 Å². The van der Waals surface area contributed by atoms with Crippen LogP contribution in [-0.4, -0.2) is 28.5 Å². The van der Waals surface area contributed by atoms with Gasteiger partial charge in [0.25, 0.3) is 11.8 Å². The number of ketones is 1. The van der Waals surface area contributed by atoms with Crippen molar-refractivity contribution in [2.45, 2.75) is 11.8 Å². The lowest BCUT2D eigenvalue weighted by Gasteiger charge is -2.52. The van der Waals surface area contributed by atoms with E-state index in [9.17, 15) is 24.0 Å². The van der Waals surface area contributed by atoms with Gasteiger partial charge in [-0.15, -0.1) is 11.3 Å². The highest BCUT2D eigenvalue weighted by Crippen LogP contribution is 2.59. The third-order valence-electron chi connectivity index (χ3n) is 9.95. The van der Waals surface area contributed by atoms with E-state index in [2.05, 4.69) is 10.7 Å². The molecule has 0 saturated carbocycles. The summed E-state index contributed by atoms with van der Waals surface area (Å²) in [5.41, 5.74) is 12.5. The van der Waals surface area contributed by atoms with Gasteiger partial charge in [-0.25, -0.2) is 4.79 Å². The molecule has 2 atom stereocenters. The highest BCUT2D eigenvalue weighted by Gasteiger charge is 2.59. The second-order valence-electron chi connectivity index (χ2n) is 12.6. The van der Waals surface area contributed by atoms with Crippen molar-refractivity contribution in [3.63, 3.8) is 0 Å². The van der Waals surface area contributed by atoms with Crippen LogP contribution in [0.1, 0.15) is 59.7 Å². The standard InChI is InChI=1S/C39H26N4O6S/c40-32-31(36(41-20-11-2-1-3-12-20)50-34(32)33(44)25-18-19-10-4-9-17-26(19)49-39(25)48)38(47)43-37(46)30-28-23-15-7-5-13-21(23)27(29(30)35(45)42-43)22-14-6-8-16-24(22)28/h1-18,27-30,41H,40H2,(H,42,45). The number of nitrogens with two attached hydrogens (primary N) is 1. The molecule has 1 saturated heterocycles. The maximum Gasteiger partial charge on any atom is 0.347 e. The molecule has 4 aromatic carbocycles. The Morgan fingerprint density at radius 1 is 0.760 bits per heavy atom. The fraction of sp³-hybridized carbons (Fsp3) is 0.103. The normalized spacial score (nSPS) is 20.1. The molecule has 1 fully saturated rings. The van der Waals surface area contributed by atoms with E-state index in [1.165, 1.54) is 6.07 Å². The fourth-order valence-electron chi connectivity index (χ4n) is 7.85. The minimum Gasteiger partial charge on any atom is -0.422 e. The highest BCUT2D eigenvalue weighted by atomic mass is 32.1. The number of hydrogen-bond acceptors (Lipinski definition) is 9. The van der Waals surface area contributed by atoms with Crippen molar-refractivity contribution >= 4 is 62.2 Å². The Labute approximate surface area is 288 Å². The zero-order valence-electron chi connectivity index (χ0n) is 26.1. The first kappa shape index (κ1) is 29.8. The summed E-state index contributed by atoms with van der Waals surface area (Å²) >= 11 is 0.871. The highest BCUT2D eigenvalue weighted by molar-refractivity contribution is 7.19. The van der Waals surface area contributed by atoms with Crippen LogP contribution in [0.25, 0.3) is 11.0 Å². The Balaban J connectivity index is 1.14. The van der Waals surface area contributed by atoms with Crippen LogP contribution < -0.4 is 22.1 Å². The van der Waals surface area contributed by atoms with E-state index in [4.69, 9.17) is 10.2 Å². The van der Waals surface area contributed by atoms with Gasteiger partial charge < -0.3 is 15.5 Å². The van der Waals surface area contributed by atoms with Gasteiger partial charge in [0.15, 0.2) is 0 Å². The fourth-order valence-corrected chi connectivity index (χ4v) is 8.94. The van der Waals surface area contributed by atoms with Gasteiger partial charge in [0.1, 0.15) is 26.6 Å². The van der Waals surface area contributed by atoms with Crippen LogP contribution >= 0.6 is 11.3 Å². The summed E-state index contributed by atoms with van der Waals surface area (Å²) in [7, 11) is 0. The van der Waals surface area contributed by atoms with Gasteiger partial charge in [-0.1, -0.05) is 84.9 Å². The minimum absolute atomic E-state index is 0.0948. The van der Waals surface area contributed by atoms with Crippen molar-refractivity contribution in [1.29, 1.82) is 0 Å². The Bertz CT molecular complexity index is 2460. The number of benzene rings is 4. The first-order chi connectivity index (χ1) is 24.3. The lowest BCUT2D eigenvalue weighted by atomic mass is 9.53. The third kappa shape index (κ3) is 4.30. The second-order valence-corrected chi connectivity index (χ2v) is 13.6. The van der Waals surface area contributed by atoms with Crippen molar-refractivity contribution in [2.75, 3.05) is 11.1 Å². The van der Waals surface area contributed by atoms with Crippen LogP contribution in [0.2, 0.25) is 0 Å². The van der Waals surface area contributed by atoms with Crippen LogP contribution in [0.5, 0.6) is 0 Å². The number of carbonyl (C=O) groups excluding carboxylic acids is 4. The molecule has 1 aliphatic heterocycles. The van der Waals surface area contributed by atoms with Crippen molar-refractivity contribution in [3.8, 4) is 0 Å². The number of hydrazine groups is 1. The molecule has 0 radical (unpaired) electrons. The van der Waals surface area contributed by atoms with Gasteiger partial charge in [-0.05, 0) is 46.5 Å². The van der Waals surface area contributed by atoms with Crippen LogP contribution in [0, 0.1) is 11.8 Å². The molecule has 50 heavy (non-hydrogen) atoms. The Morgan fingerprint density at radius 3 is 2.00 bits per heavy atom.